The molecule has 0 radical (unpaired) electrons. The molecular weight excluding hydrogens is 497 g/mol. The number of unbranched alkanes of at least 4 members (excludes halogenated alkanes) is 1. The summed E-state index contributed by atoms with van der Waals surface area (Å²) >= 11 is 0.787. The number of fused-ring (bicyclic) bond motifs is 1. The first-order valence-corrected chi connectivity index (χ1v) is 12.6. The predicted molar refractivity (Wildman–Crippen MR) is 121 cm³/mol. The molecule has 1 aliphatic rings. The normalized spacial score (nSPS) is 16.5. The van der Waals surface area contributed by atoms with Crippen molar-refractivity contribution in [3.05, 3.63) is 22.7 Å². The van der Waals surface area contributed by atoms with Crippen LogP contribution >= 0.6 is 11.3 Å². The van der Waals surface area contributed by atoms with Crippen molar-refractivity contribution in [3.63, 3.8) is 0 Å². The number of carbonyl (C=O) groups is 1. The number of aromatic nitrogens is 2. The molecule has 1 aromatic heterocycles. The maximum Gasteiger partial charge on any atom is 0.516 e. The molecule has 1 unspecified atom stereocenters. The number of nitrogens with zero attached hydrogens (tertiary/aromatic N) is 5. The highest BCUT2D eigenvalue weighted by Gasteiger charge is 2.46. The molecule has 15 heteroatoms. The van der Waals surface area contributed by atoms with Crippen molar-refractivity contribution in [1.29, 1.82) is 0 Å². The fraction of sp³-hybridized carbons (Fsp3) is 0.526. The Morgan fingerprint density at radius 2 is 2.06 bits per heavy atom. The number of azo groups is 1. The summed E-state index contributed by atoms with van der Waals surface area (Å²) < 4.78 is 69.1. The second-order valence-electron chi connectivity index (χ2n) is 7.63. The molecule has 1 aromatic carbocycles. The Balaban J connectivity index is 1.93. The molecule has 34 heavy (non-hydrogen) atoms. The minimum Gasteiger partial charge on any atom is -0.460 e. The lowest BCUT2D eigenvalue weighted by Gasteiger charge is -2.34. The first kappa shape index (κ1) is 25.8. The smallest absolute Gasteiger partial charge is 0.460 e. The van der Waals surface area contributed by atoms with Gasteiger partial charge in [0, 0.05) is 18.8 Å². The van der Waals surface area contributed by atoms with Crippen LogP contribution in [0.1, 0.15) is 48.5 Å². The summed E-state index contributed by atoms with van der Waals surface area (Å²) in [6, 6.07) is 2.90. The number of aryl methyl sites for hydroxylation is 1. The van der Waals surface area contributed by atoms with Crippen LogP contribution in [0.4, 0.5) is 35.4 Å². The maximum atomic E-state index is 13.0. The van der Waals surface area contributed by atoms with Gasteiger partial charge in [0.25, 0.3) is 5.13 Å². The Kier molecular flexibility index (Phi) is 7.75. The van der Waals surface area contributed by atoms with Crippen LogP contribution in [0.25, 0.3) is 0 Å². The Bertz CT molecular complexity index is 1180. The third-order valence-electron chi connectivity index (χ3n) is 5.18. The van der Waals surface area contributed by atoms with Crippen molar-refractivity contribution < 1.29 is 31.1 Å². The number of esters is 1. The number of sulfonamides is 1. The number of hydrogen-bond donors (Lipinski definition) is 1. The van der Waals surface area contributed by atoms with E-state index in [2.05, 4.69) is 20.4 Å². The van der Waals surface area contributed by atoms with Crippen LogP contribution in [0.5, 0.6) is 0 Å². The van der Waals surface area contributed by atoms with Gasteiger partial charge in [-0.2, -0.15) is 21.6 Å². The van der Waals surface area contributed by atoms with Gasteiger partial charge in [-0.1, -0.05) is 24.7 Å². The zero-order valence-corrected chi connectivity index (χ0v) is 20.2. The Hall–Kier alpha value is -2.81. The summed E-state index contributed by atoms with van der Waals surface area (Å²) in [4.78, 5) is 13.8. The van der Waals surface area contributed by atoms with E-state index < -0.39 is 21.5 Å². The number of nitrogens with one attached hydrogen (secondary N) is 1. The summed E-state index contributed by atoms with van der Waals surface area (Å²) in [6.45, 7) is 4.13. The van der Waals surface area contributed by atoms with E-state index in [1.54, 1.807) is 11.8 Å². The topological polar surface area (TPSA) is 126 Å². The monoisotopic (exact) mass is 520 g/mol. The second kappa shape index (κ2) is 10.2. The molecule has 0 bridgehead atoms. The number of benzene rings is 1. The van der Waals surface area contributed by atoms with Crippen LogP contribution in [0.15, 0.2) is 22.4 Å². The molecule has 1 atom stereocenters. The first-order chi connectivity index (χ1) is 15.9. The molecule has 2 aromatic rings. The molecule has 0 saturated carbocycles. The minimum absolute atomic E-state index is 0.0458. The van der Waals surface area contributed by atoms with Crippen LogP contribution in [0.2, 0.25) is 0 Å². The van der Waals surface area contributed by atoms with Crippen LogP contribution in [0, 0.1) is 0 Å². The van der Waals surface area contributed by atoms with E-state index in [0.717, 1.165) is 29.7 Å². The summed E-state index contributed by atoms with van der Waals surface area (Å²) in [6.07, 6.45) is 2.97. The number of rotatable bonds is 8. The van der Waals surface area contributed by atoms with Crippen molar-refractivity contribution in [3.8, 4) is 0 Å². The van der Waals surface area contributed by atoms with Gasteiger partial charge >= 0.3 is 21.5 Å². The zero-order chi connectivity index (χ0) is 25.1. The van der Waals surface area contributed by atoms with E-state index >= 15 is 0 Å². The highest BCUT2D eigenvalue weighted by Crippen LogP contribution is 2.40. The molecule has 1 N–H and O–H groups in total. The van der Waals surface area contributed by atoms with Gasteiger partial charge in [0.15, 0.2) is 0 Å². The molecule has 0 saturated heterocycles. The van der Waals surface area contributed by atoms with Crippen molar-refractivity contribution in [2.75, 3.05) is 23.3 Å². The minimum atomic E-state index is -5.69. The van der Waals surface area contributed by atoms with Gasteiger partial charge < -0.3 is 9.64 Å². The van der Waals surface area contributed by atoms with Crippen molar-refractivity contribution >= 4 is 49.5 Å². The van der Waals surface area contributed by atoms with Crippen molar-refractivity contribution in [2.45, 2.75) is 51.1 Å². The quantitative estimate of drug-likeness (QED) is 0.297. The fourth-order valence-electron chi connectivity index (χ4n) is 3.12. The molecule has 1 aliphatic heterocycles. The lowest BCUT2D eigenvalue weighted by Crippen LogP contribution is -2.34. The van der Waals surface area contributed by atoms with E-state index in [9.17, 15) is 26.4 Å². The fourth-order valence-corrected chi connectivity index (χ4v) is 4.25. The summed E-state index contributed by atoms with van der Waals surface area (Å²) in [5.41, 5.74) is -4.66. The number of carbonyl (C=O) groups excluding carboxylic acids is 1. The van der Waals surface area contributed by atoms with Crippen LogP contribution in [0.3, 0.4) is 0 Å². The zero-order valence-electron chi connectivity index (χ0n) is 18.6. The molecule has 2 heterocycles. The number of alkyl halides is 3. The van der Waals surface area contributed by atoms with Crippen LogP contribution in [-0.2, 0) is 21.2 Å². The number of anilines is 2. The molecule has 186 valence electrons. The molecular formula is C19H23F3N6O4S2. The lowest BCUT2D eigenvalue weighted by molar-refractivity contribution is -0.0429. The largest absolute Gasteiger partial charge is 0.516 e. The van der Waals surface area contributed by atoms with Crippen LogP contribution < -0.4 is 9.62 Å². The van der Waals surface area contributed by atoms with E-state index in [1.807, 2.05) is 18.7 Å². The molecule has 3 rings (SSSR count). The van der Waals surface area contributed by atoms with E-state index in [0.29, 0.717) is 18.5 Å². The summed E-state index contributed by atoms with van der Waals surface area (Å²) in [5.74, 6) is -0.669. The first-order valence-electron chi connectivity index (χ1n) is 10.3. The predicted octanol–water partition coefficient (Wildman–Crippen LogP) is 4.94. The van der Waals surface area contributed by atoms with E-state index in [1.165, 1.54) is 12.1 Å². The summed E-state index contributed by atoms with van der Waals surface area (Å²) in [7, 11) is -3.92. The molecule has 0 spiro atoms. The van der Waals surface area contributed by atoms with E-state index in [4.69, 9.17) is 4.74 Å². The summed E-state index contributed by atoms with van der Waals surface area (Å²) in [5, 5.41) is 15.1. The van der Waals surface area contributed by atoms with Gasteiger partial charge in [0.2, 0.25) is 5.01 Å². The standard InChI is InChI=1S/C19H23F3N6O4S2/c1-4-5-8-32-17(29)16-24-26-18(33-16)25-23-13-9-12-7-6-11(2)28(3)15(12)10-14(13)27-34(30,31)19(20,21)22/h9-11,27H,4-8H2,1-3H3. The Labute approximate surface area is 198 Å². The molecule has 0 amide bonds. The van der Waals surface area contributed by atoms with Crippen molar-refractivity contribution in [1.82, 2.24) is 10.2 Å². The van der Waals surface area contributed by atoms with Crippen molar-refractivity contribution in [2.24, 2.45) is 10.2 Å². The Morgan fingerprint density at radius 3 is 2.74 bits per heavy atom. The number of ether oxygens (including phenoxy) is 1. The highest BCUT2D eigenvalue weighted by molar-refractivity contribution is 7.93. The average molecular weight is 521 g/mol. The lowest BCUT2D eigenvalue weighted by atomic mass is 9.96. The van der Waals surface area contributed by atoms with Crippen LogP contribution in [-0.4, -0.2) is 49.8 Å². The highest BCUT2D eigenvalue weighted by atomic mass is 32.2. The van der Waals surface area contributed by atoms with Gasteiger partial charge in [-0.3, -0.25) is 4.72 Å². The van der Waals surface area contributed by atoms with Gasteiger partial charge in [0.1, 0.15) is 5.69 Å². The van der Waals surface area contributed by atoms with Gasteiger partial charge in [-0.05, 0) is 43.9 Å². The third kappa shape index (κ3) is 5.81. The maximum absolute atomic E-state index is 13.0. The molecule has 0 fully saturated rings. The van der Waals surface area contributed by atoms with E-state index in [-0.39, 0.29) is 34.2 Å². The number of halogens is 3. The third-order valence-corrected chi connectivity index (χ3v) is 7.07. The Morgan fingerprint density at radius 1 is 1.32 bits per heavy atom. The van der Waals surface area contributed by atoms with Gasteiger partial charge in [0.05, 0.1) is 12.3 Å². The second-order valence-corrected chi connectivity index (χ2v) is 10.3. The average Bonchev–Trinajstić information content (AvgIpc) is 3.24. The molecule has 0 aliphatic carbocycles. The molecule has 10 nitrogen and oxygen atoms in total. The van der Waals surface area contributed by atoms with Gasteiger partial charge in [-0.25, -0.2) is 4.79 Å². The van der Waals surface area contributed by atoms with Gasteiger partial charge in [-0.15, -0.1) is 20.4 Å². The SMILES string of the molecule is CCCCOC(=O)c1nnc(N=Nc2cc3c(cc2NS(=O)(=O)C(F)(F)F)N(C)C(C)CC3)s1. The number of hydrogen-bond acceptors (Lipinski definition) is 10.